The third kappa shape index (κ3) is 5.28. The highest BCUT2D eigenvalue weighted by atomic mass is 16.5. The zero-order valence-corrected chi connectivity index (χ0v) is 22.9. The second-order valence-electron chi connectivity index (χ2n) is 10.0. The lowest BCUT2D eigenvalue weighted by atomic mass is 9.97. The van der Waals surface area contributed by atoms with Gasteiger partial charge in [-0.15, -0.1) is 0 Å². The maximum Gasteiger partial charge on any atom is 0.337 e. The van der Waals surface area contributed by atoms with E-state index < -0.39 is 5.97 Å². The van der Waals surface area contributed by atoms with Gasteiger partial charge in [-0.05, 0) is 86.7 Å². The van der Waals surface area contributed by atoms with Crippen LogP contribution in [0.2, 0.25) is 0 Å². The van der Waals surface area contributed by atoms with Gasteiger partial charge in [-0.3, -0.25) is 9.59 Å². The first-order valence-corrected chi connectivity index (χ1v) is 13.0. The highest BCUT2D eigenvalue weighted by Gasteiger charge is 2.20. The number of carbonyl (C=O) groups excluding carboxylic acids is 2. The summed E-state index contributed by atoms with van der Waals surface area (Å²) in [4.78, 5) is 41.2. The Morgan fingerprint density at radius 1 is 1.05 bits per heavy atom. The highest BCUT2D eigenvalue weighted by molar-refractivity contribution is 6.09. The second-order valence-corrected chi connectivity index (χ2v) is 10.0. The molecule has 0 radical (unpaired) electrons. The van der Waals surface area contributed by atoms with E-state index in [0.29, 0.717) is 16.7 Å². The van der Waals surface area contributed by atoms with E-state index in [0.717, 1.165) is 51.7 Å². The van der Waals surface area contributed by atoms with E-state index in [4.69, 9.17) is 4.74 Å². The number of ether oxygens (including phenoxy) is 1. The van der Waals surface area contributed by atoms with Gasteiger partial charge in [-0.25, -0.2) is 4.79 Å². The van der Waals surface area contributed by atoms with Gasteiger partial charge in [0.1, 0.15) is 0 Å². The van der Waals surface area contributed by atoms with Crippen LogP contribution in [0.4, 0.5) is 0 Å². The predicted molar refractivity (Wildman–Crippen MR) is 151 cm³/mol. The quantitative estimate of drug-likeness (QED) is 0.289. The summed E-state index contributed by atoms with van der Waals surface area (Å²) in [5, 5.41) is 3.90. The van der Waals surface area contributed by atoms with E-state index in [1.807, 2.05) is 38.1 Å². The van der Waals surface area contributed by atoms with Gasteiger partial charge in [0, 0.05) is 46.5 Å². The molecule has 0 aliphatic heterocycles. The number of fused-ring (bicyclic) bond motifs is 1. The molecule has 0 fully saturated rings. The monoisotopic (exact) mass is 513 g/mol. The Labute approximate surface area is 222 Å². The first-order chi connectivity index (χ1) is 18.1. The van der Waals surface area contributed by atoms with E-state index >= 15 is 0 Å². The van der Waals surface area contributed by atoms with Crippen molar-refractivity contribution in [3.8, 4) is 11.1 Å². The molecule has 2 heterocycles. The number of hydrogen-bond donors (Lipinski definition) is 2. The summed E-state index contributed by atoms with van der Waals surface area (Å²) in [6, 6.07) is 13.3. The van der Waals surface area contributed by atoms with E-state index in [1.54, 1.807) is 12.1 Å². The van der Waals surface area contributed by atoms with Gasteiger partial charge < -0.3 is 19.6 Å². The smallest absolute Gasteiger partial charge is 0.337 e. The predicted octanol–water partition coefficient (Wildman–Crippen LogP) is 5.86. The average molecular weight is 514 g/mol. The van der Waals surface area contributed by atoms with Crippen molar-refractivity contribution in [3.63, 3.8) is 0 Å². The van der Waals surface area contributed by atoms with Crippen molar-refractivity contribution < 1.29 is 14.3 Å². The number of aryl methyl sites for hydroxylation is 3. The summed E-state index contributed by atoms with van der Waals surface area (Å²) in [6.07, 6.45) is 3.75. The first-order valence-electron chi connectivity index (χ1n) is 13.0. The summed E-state index contributed by atoms with van der Waals surface area (Å²) < 4.78 is 6.98. The molecule has 0 atom stereocenters. The Bertz CT molecular complexity index is 1560. The molecule has 7 heteroatoms. The topological polar surface area (TPSA) is 93.2 Å². The van der Waals surface area contributed by atoms with E-state index in [9.17, 15) is 14.4 Å². The molecular formula is C31H35N3O4. The number of nitrogens with one attached hydrogen (secondary N) is 2. The number of esters is 1. The Morgan fingerprint density at radius 3 is 2.39 bits per heavy atom. The van der Waals surface area contributed by atoms with Crippen molar-refractivity contribution in [2.75, 3.05) is 7.11 Å². The minimum absolute atomic E-state index is 0.146. The van der Waals surface area contributed by atoms with Crippen LogP contribution >= 0.6 is 0 Å². The molecule has 0 saturated carbocycles. The molecular weight excluding hydrogens is 478 g/mol. The van der Waals surface area contributed by atoms with E-state index in [2.05, 4.69) is 47.9 Å². The Hall–Kier alpha value is -4.13. The molecule has 1 amide bonds. The molecule has 0 aliphatic rings. The zero-order valence-electron chi connectivity index (χ0n) is 22.9. The van der Waals surface area contributed by atoms with Crippen LogP contribution in [0.1, 0.15) is 76.3 Å². The van der Waals surface area contributed by atoms with Crippen molar-refractivity contribution >= 4 is 22.8 Å². The molecule has 198 valence electrons. The summed E-state index contributed by atoms with van der Waals surface area (Å²) in [5.41, 5.74) is 6.90. The fourth-order valence-corrected chi connectivity index (χ4v) is 5.01. The number of rotatable bonds is 8. The minimum Gasteiger partial charge on any atom is -0.465 e. The number of hydrogen-bond acceptors (Lipinski definition) is 4. The molecule has 38 heavy (non-hydrogen) atoms. The number of carbonyl (C=O) groups is 2. The average Bonchev–Trinajstić information content (AvgIpc) is 3.24. The molecule has 0 bridgehead atoms. The van der Waals surface area contributed by atoms with Crippen LogP contribution in [0.5, 0.6) is 0 Å². The number of amides is 1. The third-order valence-electron chi connectivity index (χ3n) is 6.87. The fourth-order valence-electron chi connectivity index (χ4n) is 5.01. The second kappa shape index (κ2) is 11.1. The largest absolute Gasteiger partial charge is 0.465 e. The van der Waals surface area contributed by atoms with Crippen LogP contribution in [0.3, 0.4) is 0 Å². The fraction of sp³-hybridized carbons (Fsp3) is 0.323. The molecule has 2 aromatic heterocycles. The van der Waals surface area contributed by atoms with Gasteiger partial charge >= 0.3 is 5.97 Å². The van der Waals surface area contributed by atoms with Crippen molar-refractivity contribution in [1.82, 2.24) is 14.9 Å². The number of methoxy groups -OCH3 is 1. The van der Waals surface area contributed by atoms with Gasteiger partial charge in [-0.2, -0.15) is 0 Å². The molecule has 0 spiro atoms. The Morgan fingerprint density at radius 2 is 1.76 bits per heavy atom. The van der Waals surface area contributed by atoms with Crippen molar-refractivity contribution in [1.29, 1.82) is 0 Å². The maximum absolute atomic E-state index is 13.7. The van der Waals surface area contributed by atoms with Crippen LogP contribution in [0.15, 0.2) is 53.5 Å². The van der Waals surface area contributed by atoms with Gasteiger partial charge in [0.25, 0.3) is 11.5 Å². The van der Waals surface area contributed by atoms with Gasteiger partial charge in [-0.1, -0.05) is 25.5 Å². The van der Waals surface area contributed by atoms with Gasteiger partial charge in [0.2, 0.25) is 0 Å². The molecule has 2 aromatic carbocycles. The van der Waals surface area contributed by atoms with Crippen molar-refractivity contribution in [2.45, 2.75) is 60.0 Å². The molecule has 0 saturated heterocycles. The number of aromatic nitrogens is 2. The summed E-state index contributed by atoms with van der Waals surface area (Å²) in [5.74, 6) is -0.639. The van der Waals surface area contributed by atoms with Crippen LogP contribution in [0, 0.1) is 13.8 Å². The van der Waals surface area contributed by atoms with E-state index in [1.165, 1.54) is 7.11 Å². The summed E-state index contributed by atoms with van der Waals surface area (Å²) in [6.45, 7) is 10.3. The third-order valence-corrected chi connectivity index (χ3v) is 6.87. The number of H-pyrrole nitrogens is 1. The maximum atomic E-state index is 13.7. The molecule has 4 aromatic rings. The molecule has 0 aliphatic carbocycles. The zero-order chi connectivity index (χ0) is 27.6. The van der Waals surface area contributed by atoms with Crippen LogP contribution in [-0.4, -0.2) is 28.5 Å². The summed E-state index contributed by atoms with van der Waals surface area (Å²) >= 11 is 0. The Kier molecular flexibility index (Phi) is 7.86. The number of benzene rings is 2. The van der Waals surface area contributed by atoms with Crippen molar-refractivity contribution in [2.24, 2.45) is 0 Å². The van der Waals surface area contributed by atoms with Crippen LogP contribution in [0.25, 0.3) is 22.0 Å². The van der Waals surface area contributed by atoms with Gasteiger partial charge in [0.05, 0.1) is 12.7 Å². The molecule has 7 nitrogen and oxygen atoms in total. The minimum atomic E-state index is -0.398. The van der Waals surface area contributed by atoms with Crippen molar-refractivity contribution in [3.05, 3.63) is 92.5 Å². The molecule has 0 unspecified atom stereocenters. The summed E-state index contributed by atoms with van der Waals surface area (Å²) in [7, 11) is 1.35. The standard InChI is InChI=1S/C31H35N3O4/c1-7-8-23-13-20(5)33-30(36)26(23)16-32-29(35)25-14-24(21-9-11-22(12-10-21)31(37)38-6)15-27-28(25)19(4)17-34(27)18(2)3/h9-15,17-18H,7-8,16H2,1-6H3,(H,32,35)(H,33,36). The Balaban J connectivity index is 1.78. The lowest BCUT2D eigenvalue weighted by Gasteiger charge is -2.14. The van der Waals surface area contributed by atoms with Gasteiger partial charge in [0.15, 0.2) is 0 Å². The van der Waals surface area contributed by atoms with Crippen LogP contribution < -0.4 is 10.9 Å². The SMILES string of the molecule is CCCc1cc(C)[nH]c(=O)c1CNC(=O)c1cc(-c2ccc(C(=O)OC)cc2)cc2c1c(C)cn2C(C)C. The number of nitrogens with zero attached hydrogens (tertiary/aromatic N) is 1. The van der Waals surface area contributed by atoms with E-state index in [-0.39, 0.29) is 24.1 Å². The normalized spacial score (nSPS) is 11.2. The lowest BCUT2D eigenvalue weighted by molar-refractivity contribution is 0.0600. The lowest BCUT2D eigenvalue weighted by Crippen LogP contribution is -2.28. The number of pyridine rings is 1. The first kappa shape index (κ1) is 26.9. The highest BCUT2D eigenvalue weighted by Crippen LogP contribution is 2.33. The van der Waals surface area contributed by atoms with Crippen LogP contribution in [-0.2, 0) is 17.7 Å². The molecule has 4 rings (SSSR count). The molecule has 2 N–H and O–H groups in total. The number of aromatic amines is 1.